The van der Waals surface area contributed by atoms with Crippen molar-refractivity contribution in [3.05, 3.63) is 64.2 Å². The third-order valence-corrected chi connectivity index (χ3v) is 5.19. The standard InChI is InChI=1S/C20H20N6O4S/c1-3-25-19(15-6-10-17(30-2)11-7-15)23-24-20(25)31-13-18(27)22-21-12-14-4-8-16(9-5-14)26(28)29/h4-12H,3,13H2,1-2H3,(H,22,27)/b21-12+. The third kappa shape index (κ3) is 5.66. The van der Waals surface area contributed by atoms with Crippen LogP contribution in [0.15, 0.2) is 58.8 Å². The first kappa shape index (κ1) is 22.0. The Kier molecular flexibility index (Phi) is 7.33. The Balaban J connectivity index is 1.57. The van der Waals surface area contributed by atoms with E-state index in [9.17, 15) is 14.9 Å². The van der Waals surface area contributed by atoms with E-state index < -0.39 is 4.92 Å². The van der Waals surface area contributed by atoms with Gasteiger partial charge in [0.25, 0.3) is 11.6 Å². The lowest BCUT2D eigenvalue weighted by molar-refractivity contribution is -0.384. The minimum Gasteiger partial charge on any atom is -0.497 e. The van der Waals surface area contributed by atoms with Crippen molar-refractivity contribution in [2.75, 3.05) is 12.9 Å². The SMILES string of the molecule is CCn1c(SCC(=O)N/N=C/c2ccc([N+](=O)[O-])cc2)nnc1-c1ccc(OC)cc1. The Bertz CT molecular complexity index is 1080. The minimum atomic E-state index is -0.477. The molecule has 2 aromatic carbocycles. The highest BCUT2D eigenvalue weighted by Crippen LogP contribution is 2.25. The van der Waals surface area contributed by atoms with E-state index in [1.807, 2.05) is 35.8 Å². The van der Waals surface area contributed by atoms with Crippen LogP contribution < -0.4 is 10.2 Å². The molecule has 0 aliphatic carbocycles. The van der Waals surface area contributed by atoms with Gasteiger partial charge in [0.05, 0.1) is 24.0 Å². The summed E-state index contributed by atoms with van der Waals surface area (Å²) in [5.41, 5.74) is 3.96. The smallest absolute Gasteiger partial charge is 0.269 e. The molecule has 3 aromatic rings. The molecule has 1 N–H and O–H groups in total. The fraction of sp³-hybridized carbons (Fsp3) is 0.200. The van der Waals surface area contributed by atoms with E-state index in [1.54, 1.807) is 19.2 Å². The van der Waals surface area contributed by atoms with Gasteiger partial charge in [0, 0.05) is 24.2 Å². The fourth-order valence-electron chi connectivity index (χ4n) is 2.66. The first-order chi connectivity index (χ1) is 15.0. The van der Waals surface area contributed by atoms with E-state index >= 15 is 0 Å². The number of nitro benzene ring substituents is 1. The number of amides is 1. The number of ether oxygens (including phenoxy) is 1. The van der Waals surface area contributed by atoms with Gasteiger partial charge in [-0.25, -0.2) is 5.43 Å². The molecule has 11 heteroatoms. The first-order valence-electron chi connectivity index (χ1n) is 9.28. The zero-order chi connectivity index (χ0) is 22.2. The Morgan fingerprint density at radius 3 is 2.55 bits per heavy atom. The topological polar surface area (TPSA) is 125 Å². The number of carbonyl (C=O) groups is 1. The summed E-state index contributed by atoms with van der Waals surface area (Å²) in [7, 11) is 1.61. The van der Waals surface area contributed by atoms with Crippen molar-refractivity contribution in [1.29, 1.82) is 0 Å². The van der Waals surface area contributed by atoms with E-state index in [0.29, 0.717) is 23.1 Å². The quantitative estimate of drug-likeness (QED) is 0.235. The molecule has 10 nitrogen and oxygen atoms in total. The van der Waals surface area contributed by atoms with Crippen LogP contribution in [-0.4, -0.2) is 44.7 Å². The molecule has 0 saturated carbocycles. The lowest BCUT2D eigenvalue weighted by Gasteiger charge is -2.07. The van der Waals surface area contributed by atoms with Gasteiger partial charge in [0.2, 0.25) is 0 Å². The molecule has 1 amide bonds. The Morgan fingerprint density at radius 1 is 1.23 bits per heavy atom. The van der Waals surface area contributed by atoms with E-state index in [2.05, 4.69) is 20.7 Å². The van der Waals surface area contributed by atoms with Crippen molar-refractivity contribution in [3.8, 4) is 17.1 Å². The summed E-state index contributed by atoms with van der Waals surface area (Å²) < 4.78 is 7.11. The second-order valence-electron chi connectivity index (χ2n) is 6.21. The van der Waals surface area contributed by atoms with Crippen LogP contribution in [0.3, 0.4) is 0 Å². The number of nitrogens with one attached hydrogen (secondary N) is 1. The number of hydrogen-bond acceptors (Lipinski definition) is 8. The average Bonchev–Trinajstić information content (AvgIpc) is 3.21. The van der Waals surface area contributed by atoms with Gasteiger partial charge in [-0.2, -0.15) is 5.10 Å². The summed E-state index contributed by atoms with van der Waals surface area (Å²) >= 11 is 1.26. The van der Waals surface area contributed by atoms with E-state index in [1.165, 1.54) is 30.1 Å². The summed E-state index contributed by atoms with van der Waals surface area (Å²) in [5, 5.41) is 23.6. The van der Waals surface area contributed by atoms with Crippen molar-refractivity contribution < 1.29 is 14.5 Å². The van der Waals surface area contributed by atoms with Gasteiger partial charge in [0.1, 0.15) is 5.75 Å². The Hall–Kier alpha value is -3.73. The van der Waals surface area contributed by atoms with Crippen molar-refractivity contribution in [2.45, 2.75) is 18.6 Å². The molecule has 0 atom stereocenters. The highest BCUT2D eigenvalue weighted by atomic mass is 32.2. The summed E-state index contributed by atoms with van der Waals surface area (Å²) in [5.74, 6) is 1.27. The van der Waals surface area contributed by atoms with E-state index in [-0.39, 0.29) is 17.3 Å². The molecule has 0 aliphatic heterocycles. The minimum absolute atomic E-state index is 0.00775. The summed E-state index contributed by atoms with van der Waals surface area (Å²) in [6.45, 7) is 2.63. The van der Waals surface area contributed by atoms with Crippen LogP contribution in [0.4, 0.5) is 5.69 Å². The number of aromatic nitrogens is 3. The molecule has 0 aliphatic rings. The molecule has 0 fully saturated rings. The molecule has 0 bridgehead atoms. The van der Waals surface area contributed by atoms with Crippen molar-refractivity contribution >= 4 is 29.6 Å². The molecular weight excluding hydrogens is 420 g/mol. The molecule has 1 aromatic heterocycles. The molecule has 0 spiro atoms. The number of hydrazone groups is 1. The van der Waals surface area contributed by atoms with Crippen LogP contribution in [0.25, 0.3) is 11.4 Å². The highest BCUT2D eigenvalue weighted by molar-refractivity contribution is 7.99. The number of benzene rings is 2. The summed E-state index contributed by atoms with van der Waals surface area (Å²) in [4.78, 5) is 22.3. The van der Waals surface area contributed by atoms with Crippen LogP contribution in [0.1, 0.15) is 12.5 Å². The van der Waals surface area contributed by atoms with Gasteiger partial charge < -0.3 is 9.30 Å². The molecule has 0 saturated heterocycles. The van der Waals surface area contributed by atoms with Gasteiger partial charge in [-0.1, -0.05) is 11.8 Å². The predicted molar refractivity (Wildman–Crippen MR) is 117 cm³/mol. The number of hydrogen-bond donors (Lipinski definition) is 1. The van der Waals surface area contributed by atoms with Crippen LogP contribution in [0.2, 0.25) is 0 Å². The van der Waals surface area contributed by atoms with E-state index in [0.717, 1.165) is 11.3 Å². The zero-order valence-corrected chi connectivity index (χ0v) is 17.7. The van der Waals surface area contributed by atoms with Crippen molar-refractivity contribution in [1.82, 2.24) is 20.2 Å². The number of carbonyl (C=O) groups excluding carboxylic acids is 1. The number of nitrogens with zero attached hydrogens (tertiary/aromatic N) is 5. The second-order valence-corrected chi connectivity index (χ2v) is 7.15. The zero-order valence-electron chi connectivity index (χ0n) is 16.9. The first-order valence-corrected chi connectivity index (χ1v) is 10.3. The maximum Gasteiger partial charge on any atom is 0.269 e. The van der Waals surface area contributed by atoms with Gasteiger partial charge >= 0.3 is 0 Å². The highest BCUT2D eigenvalue weighted by Gasteiger charge is 2.14. The van der Waals surface area contributed by atoms with Gasteiger partial charge in [0.15, 0.2) is 11.0 Å². The van der Waals surface area contributed by atoms with Gasteiger partial charge in [-0.15, -0.1) is 10.2 Å². The van der Waals surface area contributed by atoms with Crippen LogP contribution >= 0.6 is 11.8 Å². The van der Waals surface area contributed by atoms with E-state index in [4.69, 9.17) is 4.74 Å². The molecule has 0 radical (unpaired) electrons. The number of methoxy groups -OCH3 is 1. The molecule has 31 heavy (non-hydrogen) atoms. The van der Waals surface area contributed by atoms with Crippen LogP contribution in [-0.2, 0) is 11.3 Å². The molecule has 0 unspecified atom stereocenters. The largest absolute Gasteiger partial charge is 0.497 e. The maximum atomic E-state index is 12.1. The number of rotatable bonds is 9. The number of thioether (sulfide) groups is 1. The lowest BCUT2D eigenvalue weighted by atomic mass is 10.2. The summed E-state index contributed by atoms with van der Waals surface area (Å²) in [6.07, 6.45) is 1.42. The van der Waals surface area contributed by atoms with Crippen molar-refractivity contribution in [3.63, 3.8) is 0 Å². The van der Waals surface area contributed by atoms with Gasteiger partial charge in [-0.05, 0) is 48.9 Å². The van der Waals surface area contributed by atoms with Crippen LogP contribution in [0, 0.1) is 10.1 Å². The molecule has 3 rings (SSSR count). The normalized spacial score (nSPS) is 10.9. The Labute approximate surface area is 182 Å². The summed E-state index contributed by atoms with van der Waals surface area (Å²) in [6, 6.07) is 13.4. The molecular formula is C20H20N6O4S. The lowest BCUT2D eigenvalue weighted by Crippen LogP contribution is -2.20. The van der Waals surface area contributed by atoms with Gasteiger partial charge in [-0.3, -0.25) is 14.9 Å². The fourth-order valence-corrected chi connectivity index (χ4v) is 3.45. The molecule has 160 valence electrons. The predicted octanol–water partition coefficient (Wildman–Crippen LogP) is 3.12. The molecule has 1 heterocycles. The monoisotopic (exact) mass is 440 g/mol. The average molecular weight is 440 g/mol. The number of non-ortho nitro benzene ring substituents is 1. The number of nitro groups is 1. The second kappa shape index (κ2) is 10.3. The van der Waals surface area contributed by atoms with Crippen LogP contribution in [0.5, 0.6) is 5.75 Å². The third-order valence-electron chi connectivity index (χ3n) is 4.22. The van der Waals surface area contributed by atoms with Crippen molar-refractivity contribution in [2.24, 2.45) is 5.10 Å². The Morgan fingerprint density at radius 2 is 1.94 bits per heavy atom. The maximum absolute atomic E-state index is 12.1.